The minimum atomic E-state index is 0.129. The Morgan fingerprint density at radius 2 is 2.33 bits per heavy atom. The number of carbonyl (C=O) groups excluding carboxylic acids is 1. The van der Waals surface area contributed by atoms with Crippen molar-refractivity contribution in [1.29, 1.82) is 0 Å². The van der Waals surface area contributed by atoms with Gasteiger partial charge in [-0.15, -0.1) is 0 Å². The lowest BCUT2D eigenvalue weighted by Crippen LogP contribution is -2.28. The van der Waals surface area contributed by atoms with Gasteiger partial charge in [0.1, 0.15) is 4.60 Å². The molecule has 15 heavy (non-hydrogen) atoms. The molecule has 1 heterocycles. The second-order valence-corrected chi connectivity index (χ2v) is 4.70. The molecule has 1 aliphatic rings. The first-order valence-corrected chi connectivity index (χ1v) is 5.89. The fourth-order valence-electron chi connectivity index (χ4n) is 1.54. The number of carbonyl (C=O) groups is 1. The van der Waals surface area contributed by atoms with Crippen LogP contribution in [0.4, 0.5) is 5.69 Å². The van der Waals surface area contributed by atoms with E-state index < -0.39 is 0 Å². The van der Waals surface area contributed by atoms with E-state index in [-0.39, 0.29) is 11.8 Å². The maximum atomic E-state index is 11.6. The van der Waals surface area contributed by atoms with Gasteiger partial charge in [-0.25, -0.2) is 4.98 Å². The average Bonchev–Trinajstić information content (AvgIpc) is 2.08. The molecule has 1 N–H and O–H groups in total. The number of hydrogen-bond donors (Lipinski definition) is 1. The Morgan fingerprint density at radius 3 is 2.87 bits per heavy atom. The number of nitrogens with zero attached hydrogens (tertiary/aromatic N) is 1. The summed E-state index contributed by atoms with van der Waals surface area (Å²) in [6.45, 7) is 1.95. The van der Waals surface area contributed by atoms with Gasteiger partial charge in [-0.3, -0.25) is 4.79 Å². The molecule has 0 bridgehead atoms. The van der Waals surface area contributed by atoms with E-state index in [9.17, 15) is 4.79 Å². The average molecular weight is 269 g/mol. The highest BCUT2D eigenvalue weighted by atomic mass is 79.9. The van der Waals surface area contributed by atoms with Crippen LogP contribution in [0.3, 0.4) is 0 Å². The zero-order valence-electron chi connectivity index (χ0n) is 8.59. The van der Waals surface area contributed by atoms with Gasteiger partial charge in [0.2, 0.25) is 5.91 Å². The van der Waals surface area contributed by atoms with Gasteiger partial charge < -0.3 is 5.32 Å². The van der Waals surface area contributed by atoms with E-state index in [2.05, 4.69) is 26.2 Å². The summed E-state index contributed by atoms with van der Waals surface area (Å²) in [5.41, 5.74) is 1.81. The van der Waals surface area contributed by atoms with Crippen molar-refractivity contribution in [2.75, 3.05) is 5.32 Å². The summed E-state index contributed by atoms with van der Waals surface area (Å²) >= 11 is 3.33. The lowest BCUT2D eigenvalue weighted by atomic mass is 9.85. The molecule has 0 aliphatic heterocycles. The monoisotopic (exact) mass is 268 g/mol. The number of pyridine rings is 1. The lowest BCUT2D eigenvalue weighted by molar-refractivity contribution is -0.122. The Balaban J connectivity index is 2.03. The van der Waals surface area contributed by atoms with E-state index in [4.69, 9.17) is 0 Å². The molecule has 1 saturated carbocycles. The highest BCUT2D eigenvalue weighted by molar-refractivity contribution is 9.10. The summed E-state index contributed by atoms with van der Waals surface area (Å²) in [6, 6.07) is 1.92. The van der Waals surface area contributed by atoms with Crippen LogP contribution >= 0.6 is 15.9 Å². The first kappa shape index (κ1) is 10.6. The Bertz CT molecular complexity index is 388. The molecular formula is C11H13BrN2O. The molecule has 0 saturated heterocycles. The lowest BCUT2D eigenvalue weighted by Gasteiger charge is -2.24. The predicted molar refractivity (Wildman–Crippen MR) is 62.6 cm³/mol. The van der Waals surface area contributed by atoms with Crippen molar-refractivity contribution in [2.45, 2.75) is 26.2 Å². The van der Waals surface area contributed by atoms with E-state index in [1.165, 1.54) is 6.42 Å². The highest BCUT2D eigenvalue weighted by Crippen LogP contribution is 2.27. The number of aryl methyl sites for hydroxylation is 1. The molecule has 1 aromatic rings. The number of halogens is 1. The van der Waals surface area contributed by atoms with E-state index in [1.54, 1.807) is 6.20 Å². The van der Waals surface area contributed by atoms with Crippen molar-refractivity contribution in [3.63, 3.8) is 0 Å². The Morgan fingerprint density at radius 1 is 1.60 bits per heavy atom. The van der Waals surface area contributed by atoms with Crippen LogP contribution < -0.4 is 5.32 Å². The standard InChI is InChI=1S/C11H13BrN2O/c1-7-5-9(6-13-10(7)12)14-11(15)8-3-2-4-8/h5-6,8H,2-4H2,1H3,(H,14,15). The molecule has 2 rings (SSSR count). The third-order valence-electron chi connectivity index (χ3n) is 2.76. The minimum Gasteiger partial charge on any atom is -0.324 e. The van der Waals surface area contributed by atoms with Crippen LogP contribution in [0.5, 0.6) is 0 Å². The van der Waals surface area contributed by atoms with Gasteiger partial charge in [-0.05, 0) is 47.3 Å². The largest absolute Gasteiger partial charge is 0.324 e. The summed E-state index contributed by atoms with van der Waals surface area (Å²) in [7, 11) is 0. The van der Waals surface area contributed by atoms with Crippen molar-refractivity contribution >= 4 is 27.5 Å². The van der Waals surface area contributed by atoms with Gasteiger partial charge in [-0.2, -0.15) is 0 Å². The van der Waals surface area contributed by atoms with Gasteiger partial charge in [-0.1, -0.05) is 6.42 Å². The van der Waals surface area contributed by atoms with Crippen LogP contribution in [0, 0.1) is 12.8 Å². The Labute approximate surface area is 97.4 Å². The molecule has 1 aromatic heterocycles. The number of rotatable bonds is 2. The van der Waals surface area contributed by atoms with E-state index >= 15 is 0 Å². The maximum Gasteiger partial charge on any atom is 0.227 e. The molecule has 1 amide bonds. The quantitative estimate of drug-likeness (QED) is 0.839. The normalized spacial score (nSPS) is 15.9. The second kappa shape index (κ2) is 4.31. The van der Waals surface area contributed by atoms with Gasteiger partial charge in [0.25, 0.3) is 0 Å². The first-order valence-electron chi connectivity index (χ1n) is 5.10. The molecule has 0 unspecified atom stereocenters. The summed E-state index contributed by atoms with van der Waals surface area (Å²) in [5.74, 6) is 0.346. The molecular weight excluding hydrogens is 256 g/mol. The van der Waals surface area contributed by atoms with E-state index in [0.29, 0.717) is 0 Å². The predicted octanol–water partition coefficient (Wildman–Crippen LogP) is 2.89. The first-order chi connectivity index (χ1) is 7.16. The number of hydrogen-bond acceptors (Lipinski definition) is 2. The number of nitrogens with one attached hydrogen (secondary N) is 1. The molecule has 80 valence electrons. The SMILES string of the molecule is Cc1cc(NC(=O)C2CCC2)cnc1Br. The van der Waals surface area contributed by atoms with Crippen LogP contribution in [0.25, 0.3) is 0 Å². The Kier molecular flexibility index (Phi) is 3.05. The molecule has 1 aliphatic carbocycles. The van der Waals surface area contributed by atoms with Crippen molar-refractivity contribution in [3.05, 3.63) is 22.4 Å². The minimum absolute atomic E-state index is 0.129. The molecule has 0 spiro atoms. The summed E-state index contributed by atoms with van der Waals surface area (Å²) < 4.78 is 0.823. The van der Waals surface area contributed by atoms with Gasteiger partial charge >= 0.3 is 0 Å². The highest BCUT2D eigenvalue weighted by Gasteiger charge is 2.25. The zero-order valence-corrected chi connectivity index (χ0v) is 10.2. The fourth-order valence-corrected chi connectivity index (χ4v) is 1.76. The molecule has 0 atom stereocenters. The van der Waals surface area contributed by atoms with E-state index in [0.717, 1.165) is 28.7 Å². The van der Waals surface area contributed by atoms with Crippen molar-refractivity contribution in [3.8, 4) is 0 Å². The third-order valence-corrected chi connectivity index (χ3v) is 3.59. The van der Waals surface area contributed by atoms with Crippen molar-refractivity contribution in [2.24, 2.45) is 5.92 Å². The van der Waals surface area contributed by atoms with Gasteiger partial charge in [0.15, 0.2) is 0 Å². The molecule has 1 fully saturated rings. The smallest absolute Gasteiger partial charge is 0.227 e. The van der Waals surface area contributed by atoms with Crippen LogP contribution in [0.1, 0.15) is 24.8 Å². The molecule has 0 aromatic carbocycles. The van der Waals surface area contributed by atoms with Crippen molar-refractivity contribution < 1.29 is 4.79 Å². The molecule has 3 nitrogen and oxygen atoms in total. The topological polar surface area (TPSA) is 42.0 Å². The summed E-state index contributed by atoms with van der Waals surface area (Å²) in [5, 5.41) is 2.89. The summed E-state index contributed by atoms with van der Waals surface area (Å²) in [6.07, 6.45) is 4.90. The van der Waals surface area contributed by atoms with E-state index in [1.807, 2.05) is 13.0 Å². The van der Waals surface area contributed by atoms with Crippen molar-refractivity contribution in [1.82, 2.24) is 4.98 Å². The molecule has 4 heteroatoms. The second-order valence-electron chi connectivity index (χ2n) is 3.95. The molecule has 0 radical (unpaired) electrons. The zero-order chi connectivity index (χ0) is 10.8. The third kappa shape index (κ3) is 2.37. The fraction of sp³-hybridized carbons (Fsp3) is 0.455. The van der Waals surface area contributed by atoms with Crippen LogP contribution in [0.15, 0.2) is 16.9 Å². The van der Waals surface area contributed by atoms with Crippen LogP contribution in [0.2, 0.25) is 0 Å². The maximum absolute atomic E-state index is 11.6. The van der Waals surface area contributed by atoms with Gasteiger partial charge in [0, 0.05) is 5.92 Å². The van der Waals surface area contributed by atoms with Gasteiger partial charge in [0.05, 0.1) is 11.9 Å². The Hall–Kier alpha value is -0.900. The number of anilines is 1. The summed E-state index contributed by atoms with van der Waals surface area (Å²) in [4.78, 5) is 15.8. The van der Waals surface area contributed by atoms with Crippen LogP contribution in [-0.2, 0) is 4.79 Å². The van der Waals surface area contributed by atoms with Crippen LogP contribution in [-0.4, -0.2) is 10.9 Å². The number of aromatic nitrogens is 1. The number of amides is 1.